The number of rotatable bonds is 6. The average molecular weight is 369 g/mol. The SMILES string of the molecule is NC(=O)Nc1[nH]c(-c2cc(F)ccc2OCc2cccnc2)cc1C(N)=O. The Morgan fingerprint density at radius 1 is 1.22 bits per heavy atom. The second-order valence-electron chi connectivity index (χ2n) is 5.62. The summed E-state index contributed by atoms with van der Waals surface area (Å²) in [7, 11) is 0. The van der Waals surface area contributed by atoms with Gasteiger partial charge in [0.25, 0.3) is 5.91 Å². The number of nitrogens with one attached hydrogen (secondary N) is 2. The van der Waals surface area contributed by atoms with Crippen LogP contribution in [0.5, 0.6) is 5.75 Å². The first-order valence-corrected chi connectivity index (χ1v) is 7.85. The highest BCUT2D eigenvalue weighted by molar-refractivity contribution is 6.03. The number of anilines is 1. The molecule has 0 spiro atoms. The van der Waals surface area contributed by atoms with E-state index >= 15 is 0 Å². The van der Waals surface area contributed by atoms with Crippen LogP contribution in [0, 0.1) is 5.82 Å². The predicted octanol–water partition coefficient (Wildman–Crippen LogP) is 2.38. The van der Waals surface area contributed by atoms with Crippen molar-refractivity contribution in [2.75, 3.05) is 5.32 Å². The number of halogens is 1. The van der Waals surface area contributed by atoms with Crippen molar-refractivity contribution >= 4 is 17.8 Å². The van der Waals surface area contributed by atoms with Gasteiger partial charge in [0, 0.05) is 23.5 Å². The van der Waals surface area contributed by atoms with E-state index in [1.807, 2.05) is 6.07 Å². The number of amides is 3. The lowest BCUT2D eigenvalue weighted by molar-refractivity contribution is 0.100. The Morgan fingerprint density at radius 2 is 2.04 bits per heavy atom. The number of carbonyl (C=O) groups excluding carboxylic acids is 2. The molecule has 0 radical (unpaired) electrons. The van der Waals surface area contributed by atoms with Gasteiger partial charge in [-0.1, -0.05) is 6.07 Å². The Bertz CT molecular complexity index is 988. The summed E-state index contributed by atoms with van der Waals surface area (Å²) < 4.78 is 19.6. The summed E-state index contributed by atoms with van der Waals surface area (Å²) in [6, 6.07) is 8.08. The summed E-state index contributed by atoms with van der Waals surface area (Å²) in [5.74, 6) is -0.899. The van der Waals surface area contributed by atoms with Crippen LogP contribution in [0.15, 0.2) is 48.8 Å². The molecule has 0 aliphatic carbocycles. The van der Waals surface area contributed by atoms with Gasteiger partial charge in [0.15, 0.2) is 0 Å². The van der Waals surface area contributed by atoms with Crippen LogP contribution in [-0.4, -0.2) is 21.9 Å². The standard InChI is InChI=1S/C18H16FN5O3/c19-11-3-4-15(27-9-10-2-1-5-22-8-10)12(6-11)14-7-13(16(20)25)17(23-14)24-18(21)26/h1-8,23H,9H2,(H2,20,25)(H3,21,24,26). The van der Waals surface area contributed by atoms with Crippen LogP contribution in [0.1, 0.15) is 15.9 Å². The number of aromatic amines is 1. The summed E-state index contributed by atoms with van der Waals surface area (Å²) in [4.78, 5) is 29.5. The fraction of sp³-hybridized carbons (Fsp3) is 0.0556. The van der Waals surface area contributed by atoms with Crippen LogP contribution in [0.4, 0.5) is 15.0 Å². The van der Waals surface area contributed by atoms with Gasteiger partial charge in [-0.05, 0) is 30.3 Å². The van der Waals surface area contributed by atoms with Crippen LogP contribution >= 0.6 is 0 Å². The molecule has 2 heterocycles. The number of hydrogen-bond donors (Lipinski definition) is 4. The number of carbonyl (C=O) groups is 2. The van der Waals surface area contributed by atoms with Crippen LogP contribution in [0.3, 0.4) is 0 Å². The van der Waals surface area contributed by atoms with E-state index in [0.717, 1.165) is 5.56 Å². The van der Waals surface area contributed by atoms with Crippen molar-refractivity contribution < 1.29 is 18.7 Å². The maximum absolute atomic E-state index is 13.8. The van der Waals surface area contributed by atoms with Crippen LogP contribution in [0.2, 0.25) is 0 Å². The van der Waals surface area contributed by atoms with Crippen molar-refractivity contribution in [1.29, 1.82) is 0 Å². The highest BCUT2D eigenvalue weighted by Crippen LogP contribution is 2.33. The van der Waals surface area contributed by atoms with Gasteiger partial charge in [-0.15, -0.1) is 0 Å². The minimum Gasteiger partial charge on any atom is -0.488 e. The molecule has 0 fully saturated rings. The van der Waals surface area contributed by atoms with E-state index in [1.54, 1.807) is 18.5 Å². The lowest BCUT2D eigenvalue weighted by Crippen LogP contribution is -2.22. The molecule has 2 aromatic heterocycles. The Morgan fingerprint density at radius 3 is 2.70 bits per heavy atom. The van der Waals surface area contributed by atoms with Crippen molar-refractivity contribution in [3.8, 4) is 17.0 Å². The van der Waals surface area contributed by atoms with Crippen LogP contribution in [-0.2, 0) is 6.61 Å². The van der Waals surface area contributed by atoms with Crippen molar-refractivity contribution in [3.63, 3.8) is 0 Å². The summed E-state index contributed by atoms with van der Waals surface area (Å²) in [6.07, 6.45) is 3.29. The highest BCUT2D eigenvalue weighted by atomic mass is 19.1. The Balaban J connectivity index is 1.97. The number of pyridine rings is 1. The molecule has 0 atom stereocenters. The second-order valence-corrected chi connectivity index (χ2v) is 5.62. The lowest BCUT2D eigenvalue weighted by atomic mass is 10.1. The van der Waals surface area contributed by atoms with Gasteiger partial charge >= 0.3 is 6.03 Å². The van der Waals surface area contributed by atoms with E-state index in [2.05, 4.69) is 15.3 Å². The van der Waals surface area contributed by atoms with E-state index in [9.17, 15) is 14.0 Å². The molecule has 0 aliphatic rings. The largest absolute Gasteiger partial charge is 0.488 e. The van der Waals surface area contributed by atoms with E-state index in [-0.39, 0.29) is 18.0 Å². The minimum atomic E-state index is -0.877. The summed E-state index contributed by atoms with van der Waals surface area (Å²) >= 11 is 0. The first kappa shape index (κ1) is 17.9. The third kappa shape index (κ3) is 4.21. The molecule has 0 bridgehead atoms. The van der Waals surface area contributed by atoms with E-state index in [4.69, 9.17) is 16.2 Å². The van der Waals surface area contributed by atoms with Crippen molar-refractivity contribution in [2.45, 2.75) is 6.61 Å². The molecule has 27 heavy (non-hydrogen) atoms. The normalized spacial score (nSPS) is 10.4. The van der Waals surface area contributed by atoms with E-state index < -0.39 is 17.8 Å². The number of aromatic nitrogens is 2. The molecule has 3 rings (SSSR count). The molecule has 3 aromatic rings. The van der Waals surface area contributed by atoms with Gasteiger partial charge in [0.2, 0.25) is 0 Å². The monoisotopic (exact) mass is 369 g/mol. The molecule has 6 N–H and O–H groups in total. The number of hydrogen-bond acceptors (Lipinski definition) is 4. The number of ether oxygens (including phenoxy) is 1. The molecule has 0 aliphatic heterocycles. The van der Waals surface area contributed by atoms with E-state index in [0.29, 0.717) is 17.0 Å². The van der Waals surface area contributed by atoms with Crippen LogP contribution in [0.25, 0.3) is 11.3 Å². The third-order valence-electron chi connectivity index (χ3n) is 3.68. The summed E-state index contributed by atoms with van der Waals surface area (Å²) in [5.41, 5.74) is 11.9. The van der Waals surface area contributed by atoms with Gasteiger partial charge in [0.1, 0.15) is 24.0 Å². The molecular weight excluding hydrogens is 353 g/mol. The Labute approximate surface area is 153 Å². The maximum Gasteiger partial charge on any atom is 0.317 e. The van der Waals surface area contributed by atoms with Gasteiger partial charge in [-0.3, -0.25) is 15.1 Å². The number of H-pyrrole nitrogens is 1. The molecule has 138 valence electrons. The molecule has 3 amide bonds. The number of benzene rings is 1. The molecule has 0 unspecified atom stereocenters. The topological polar surface area (TPSA) is 136 Å². The summed E-state index contributed by atoms with van der Waals surface area (Å²) in [6.45, 7) is 0.211. The fourth-order valence-electron chi connectivity index (χ4n) is 2.50. The smallest absolute Gasteiger partial charge is 0.317 e. The number of nitrogens with two attached hydrogens (primary N) is 2. The Hall–Kier alpha value is -3.88. The molecule has 1 aromatic carbocycles. The van der Waals surface area contributed by atoms with Gasteiger partial charge in [-0.2, -0.15) is 0 Å². The zero-order valence-corrected chi connectivity index (χ0v) is 14.0. The van der Waals surface area contributed by atoms with Crippen LogP contribution < -0.4 is 21.5 Å². The van der Waals surface area contributed by atoms with Crippen molar-refractivity contribution in [2.24, 2.45) is 11.5 Å². The fourth-order valence-corrected chi connectivity index (χ4v) is 2.50. The number of urea groups is 1. The lowest BCUT2D eigenvalue weighted by Gasteiger charge is -2.11. The Kier molecular flexibility index (Phi) is 5.02. The average Bonchev–Trinajstić information content (AvgIpc) is 3.04. The van der Waals surface area contributed by atoms with E-state index in [1.165, 1.54) is 24.3 Å². The van der Waals surface area contributed by atoms with Gasteiger partial charge in [-0.25, -0.2) is 9.18 Å². The minimum absolute atomic E-state index is 0.00581. The van der Waals surface area contributed by atoms with Crippen molar-refractivity contribution in [1.82, 2.24) is 9.97 Å². The third-order valence-corrected chi connectivity index (χ3v) is 3.68. The number of primary amides is 2. The first-order chi connectivity index (χ1) is 12.9. The second kappa shape index (κ2) is 7.56. The molecule has 0 saturated carbocycles. The zero-order chi connectivity index (χ0) is 19.4. The molecule has 9 heteroatoms. The molecule has 8 nitrogen and oxygen atoms in total. The van der Waals surface area contributed by atoms with Crippen molar-refractivity contribution in [3.05, 3.63) is 65.7 Å². The zero-order valence-electron chi connectivity index (χ0n) is 14.0. The first-order valence-electron chi connectivity index (χ1n) is 7.85. The predicted molar refractivity (Wildman–Crippen MR) is 96.5 cm³/mol. The molecular formula is C18H16FN5O3. The summed E-state index contributed by atoms with van der Waals surface area (Å²) in [5, 5.41) is 2.28. The van der Waals surface area contributed by atoms with Gasteiger partial charge < -0.3 is 21.2 Å². The maximum atomic E-state index is 13.8. The highest BCUT2D eigenvalue weighted by Gasteiger charge is 2.18. The molecule has 0 saturated heterocycles. The van der Waals surface area contributed by atoms with Gasteiger partial charge in [0.05, 0.1) is 11.3 Å². The quantitative estimate of drug-likeness (QED) is 0.530. The number of nitrogens with zero attached hydrogens (tertiary/aromatic N) is 1.